The van der Waals surface area contributed by atoms with E-state index in [0.717, 1.165) is 13.1 Å². The molecule has 170 valence electrons. The summed E-state index contributed by atoms with van der Waals surface area (Å²) in [5.41, 5.74) is 4.11. The van der Waals surface area contributed by atoms with Crippen LogP contribution in [0.4, 0.5) is 17.1 Å². The number of amides is 2. The number of nitrogens with zero attached hydrogens (tertiary/aromatic N) is 2. The molecule has 1 heterocycles. The third-order valence-corrected chi connectivity index (χ3v) is 5.77. The van der Waals surface area contributed by atoms with Gasteiger partial charge in [-0.15, -0.1) is 0 Å². The predicted molar refractivity (Wildman–Crippen MR) is 134 cm³/mol. The summed E-state index contributed by atoms with van der Waals surface area (Å²) >= 11 is 0. The first-order chi connectivity index (χ1) is 16.1. The van der Waals surface area contributed by atoms with Gasteiger partial charge in [0.15, 0.2) is 0 Å². The fraction of sp³-hybridized carbons (Fsp3) is 0.259. The first-order valence-electron chi connectivity index (χ1n) is 11.4. The first kappa shape index (κ1) is 22.6. The molecule has 0 spiro atoms. The Balaban J connectivity index is 1.38. The summed E-state index contributed by atoms with van der Waals surface area (Å²) in [4.78, 5) is 30.0. The average molecular weight is 443 g/mol. The van der Waals surface area contributed by atoms with Gasteiger partial charge in [0.25, 0.3) is 5.91 Å². The van der Waals surface area contributed by atoms with Crippen LogP contribution in [0.3, 0.4) is 0 Å². The van der Waals surface area contributed by atoms with Gasteiger partial charge in [-0.1, -0.05) is 48.5 Å². The highest BCUT2D eigenvalue weighted by molar-refractivity contribution is 6.10. The van der Waals surface area contributed by atoms with E-state index in [1.807, 2.05) is 54.4 Å². The van der Waals surface area contributed by atoms with Gasteiger partial charge in [-0.2, -0.15) is 0 Å². The number of carbonyl (C=O) groups is 2. The van der Waals surface area contributed by atoms with Gasteiger partial charge >= 0.3 is 0 Å². The van der Waals surface area contributed by atoms with Crippen LogP contribution in [-0.4, -0.2) is 43.4 Å². The van der Waals surface area contributed by atoms with Crippen molar-refractivity contribution in [3.05, 3.63) is 90.0 Å². The quantitative estimate of drug-likeness (QED) is 0.535. The fourth-order valence-electron chi connectivity index (χ4n) is 4.20. The molecule has 6 heteroatoms. The Bertz CT molecular complexity index is 1090. The number of likely N-dealkylation sites (N-methyl/N-ethyl adjacent to an activating group) is 1. The van der Waals surface area contributed by atoms with Gasteiger partial charge in [0.1, 0.15) is 0 Å². The molecular formula is C27H30N4O2. The molecule has 3 aromatic carbocycles. The maximum atomic E-state index is 12.8. The number of rotatable bonds is 8. The molecule has 4 rings (SSSR count). The summed E-state index contributed by atoms with van der Waals surface area (Å²) in [7, 11) is 1.94. The van der Waals surface area contributed by atoms with Crippen molar-refractivity contribution < 1.29 is 9.59 Å². The number of nitrogens with one attached hydrogen (secondary N) is 2. The molecule has 0 unspecified atom stereocenters. The molecule has 3 aromatic rings. The molecule has 1 saturated heterocycles. The summed E-state index contributed by atoms with van der Waals surface area (Å²) in [6.07, 6.45) is 2.45. The maximum absolute atomic E-state index is 12.8. The highest BCUT2D eigenvalue weighted by atomic mass is 16.2. The zero-order valence-corrected chi connectivity index (χ0v) is 19.0. The van der Waals surface area contributed by atoms with E-state index in [1.54, 1.807) is 18.2 Å². The predicted octanol–water partition coefficient (Wildman–Crippen LogP) is 4.61. The van der Waals surface area contributed by atoms with Crippen LogP contribution < -0.4 is 15.5 Å². The topological polar surface area (TPSA) is 64.7 Å². The van der Waals surface area contributed by atoms with Gasteiger partial charge in [-0.25, -0.2) is 0 Å². The lowest BCUT2D eigenvalue weighted by molar-refractivity contribution is -0.117. The van der Waals surface area contributed by atoms with E-state index in [1.165, 1.54) is 24.1 Å². The van der Waals surface area contributed by atoms with E-state index in [9.17, 15) is 9.59 Å². The Labute approximate surface area is 195 Å². The Morgan fingerprint density at radius 1 is 0.848 bits per heavy atom. The first-order valence-corrected chi connectivity index (χ1v) is 11.4. The Hall–Kier alpha value is -3.64. The highest BCUT2D eigenvalue weighted by Crippen LogP contribution is 2.25. The zero-order valence-electron chi connectivity index (χ0n) is 19.0. The minimum Gasteiger partial charge on any atom is -0.371 e. The van der Waals surface area contributed by atoms with Crippen molar-refractivity contribution in [1.29, 1.82) is 0 Å². The number of hydrogen-bond donors (Lipinski definition) is 2. The van der Waals surface area contributed by atoms with Gasteiger partial charge < -0.3 is 15.5 Å². The normalized spacial score (nSPS) is 13.2. The monoisotopic (exact) mass is 442 g/mol. The van der Waals surface area contributed by atoms with Crippen molar-refractivity contribution >= 4 is 28.9 Å². The second-order valence-corrected chi connectivity index (χ2v) is 8.41. The Kier molecular flexibility index (Phi) is 7.37. The van der Waals surface area contributed by atoms with Crippen LogP contribution in [0.5, 0.6) is 0 Å². The van der Waals surface area contributed by atoms with E-state index in [2.05, 4.69) is 33.7 Å². The smallest absolute Gasteiger partial charge is 0.257 e. The molecule has 2 amide bonds. The van der Waals surface area contributed by atoms with Crippen LogP contribution in [0.2, 0.25) is 0 Å². The molecule has 1 aliphatic rings. The van der Waals surface area contributed by atoms with Crippen LogP contribution in [0.1, 0.15) is 28.8 Å². The van der Waals surface area contributed by atoms with Crippen molar-refractivity contribution in [3.8, 4) is 0 Å². The summed E-state index contributed by atoms with van der Waals surface area (Å²) in [5, 5.41) is 5.78. The van der Waals surface area contributed by atoms with E-state index in [4.69, 9.17) is 0 Å². The maximum Gasteiger partial charge on any atom is 0.257 e. The third-order valence-electron chi connectivity index (χ3n) is 5.77. The van der Waals surface area contributed by atoms with Crippen molar-refractivity contribution in [1.82, 2.24) is 4.90 Å². The second-order valence-electron chi connectivity index (χ2n) is 8.41. The van der Waals surface area contributed by atoms with Gasteiger partial charge in [-0.05, 0) is 55.8 Å². The molecule has 1 fully saturated rings. The van der Waals surface area contributed by atoms with E-state index < -0.39 is 0 Å². The van der Waals surface area contributed by atoms with Gasteiger partial charge in [0, 0.05) is 31.0 Å². The van der Waals surface area contributed by atoms with Crippen molar-refractivity contribution in [2.75, 3.05) is 42.2 Å². The molecular weight excluding hydrogens is 412 g/mol. The number of benzene rings is 3. The molecule has 0 bridgehead atoms. The average Bonchev–Trinajstić information content (AvgIpc) is 3.35. The van der Waals surface area contributed by atoms with Crippen LogP contribution in [0.25, 0.3) is 0 Å². The summed E-state index contributed by atoms with van der Waals surface area (Å²) < 4.78 is 0. The minimum absolute atomic E-state index is 0.156. The molecule has 0 aromatic heterocycles. The molecule has 0 aliphatic carbocycles. The molecule has 33 heavy (non-hydrogen) atoms. The van der Waals surface area contributed by atoms with Crippen molar-refractivity contribution in [3.63, 3.8) is 0 Å². The number of hydrogen-bond acceptors (Lipinski definition) is 4. The summed E-state index contributed by atoms with van der Waals surface area (Å²) in [6, 6.07) is 24.7. The van der Waals surface area contributed by atoms with Crippen LogP contribution in [-0.2, 0) is 11.3 Å². The second kappa shape index (κ2) is 10.8. The lowest BCUT2D eigenvalue weighted by Gasteiger charge is -2.24. The molecule has 6 nitrogen and oxygen atoms in total. The molecule has 0 radical (unpaired) electrons. The van der Waals surface area contributed by atoms with Crippen LogP contribution in [0, 0.1) is 0 Å². The fourth-order valence-corrected chi connectivity index (χ4v) is 4.20. The Morgan fingerprint density at radius 2 is 1.52 bits per heavy atom. The largest absolute Gasteiger partial charge is 0.371 e. The van der Waals surface area contributed by atoms with E-state index in [-0.39, 0.29) is 18.4 Å². The van der Waals surface area contributed by atoms with Crippen LogP contribution in [0.15, 0.2) is 78.9 Å². The molecule has 2 N–H and O–H groups in total. The number of para-hydroxylation sites is 3. The van der Waals surface area contributed by atoms with Gasteiger partial charge in [0.2, 0.25) is 5.91 Å². The van der Waals surface area contributed by atoms with Crippen molar-refractivity contribution in [2.24, 2.45) is 0 Å². The van der Waals surface area contributed by atoms with Gasteiger partial charge in [0.05, 0.1) is 17.8 Å². The SMILES string of the molecule is CN(CC(=O)Nc1ccccc1C(=O)Nc1ccccc1)Cc1ccccc1N1CCCC1. The number of carbonyl (C=O) groups excluding carboxylic acids is 2. The lowest BCUT2D eigenvalue weighted by Crippen LogP contribution is -2.31. The Morgan fingerprint density at radius 3 is 2.30 bits per heavy atom. The summed E-state index contributed by atoms with van der Waals surface area (Å²) in [5.74, 6) is -0.416. The number of anilines is 3. The van der Waals surface area contributed by atoms with Crippen LogP contribution >= 0.6 is 0 Å². The minimum atomic E-state index is -0.259. The molecule has 1 aliphatic heterocycles. The summed E-state index contributed by atoms with van der Waals surface area (Å²) in [6.45, 7) is 3.07. The molecule has 0 saturated carbocycles. The third kappa shape index (κ3) is 5.99. The lowest BCUT2D eigenvalue weighted by atomic mass is 10.1. The van der Waals surface area contributed by atoms with Gasteiger partial charge in [-0.3, -0.25) is 14.5 Å². The zero-order chi connectivity index (χ0) is 23.0. The molecule has 0 atom stereocenters. The van der Waals surface area contributed by atoms with E-state index in [0.29, 0.717) is 23.5 Å². The van der Waals surface area contributed by atoms with Crippen molar-refractivity contribution in [2.45, 2.75) is 19.4 Å². The standard InChI is InChI=1S/C27H30N4O2/c1-30(19-21-11-5-8-16-25(21)31-17-9-10-18-31)20-26(32)29-24-15-7-6-14-23(24)27(33)28-22-12-3-2-4-13-22/h2-8,11-16H,9-10,17-20H2,1H3,(H,28,33)(H,29,32). The van der Waals surface area contributed by atoms with E-state index >= 15 is 0 Å². The highest BCUT2D eigenvalue weighted by Gasteiger charge is 2.18.